The van der Waals surface area contributed by atoms with Gasteiger partial charge in [0.25, 0.3) is 0 Å². The highest BCUT2D eigenvalue weighted by Crippen LogP contribution is 2.24. The average molecular weight is 284 g/mol. The smallest absolute Gasteiger partial charge is 0.346 e. The zero-order chi connectivity index (χ0) is 12.1. The van der Waals surface area contributed by atoms with Crippen LogP contribution in [0, 0.1) is 11.3 Å². The summed E-state index contributed by atoms with van der Waals surface area (Å²) >= 11 is 3.26. The molecule has 0 heterocycles. The van der Waals surface area contributed by atoms with Crippen LogP contribution in [0.25, 0.3) is 0 Å². The van der Waals surface area contributed by atoms with E-state index in [2.05, 4.69) is 20.7 Å². The monoisotopic (exact) mass is 283 g/mol. The van der Waals surface area contributed by atoms with Gasteiger partial charge in [0.05, 0.1) is 12.7 Å². The normalized spacial score (nSPS) is 11.4. The topological polar surface area (TPSA) is 59.3 Å². The predicted octanol–water partition coefficient (Wildman–Crippen LogP) is 2.26. The van der Waals surface area contributed by atoms with Crippen molar-refractivity contribution in [1.29, 1.82) is 5.26 Å². The molecule has 0 aliphatic carbocycles. The molecule has 5 heteroatoms. The van der Waals surface area contributed by atoms with Gasteiger partial charge < -0.3 is 9.47 Å². The van der Waals surface area contributed by atoms with Crippen molar-refractivity contribution in [3.63, 3.8) is 0 Å². The molecule has 1 aromatic carbocycles. The number of hydrogen-bond acceptors (Lipinski definition) is 4. The summed E-state index contributed by atoms with van der Waals surface area (Å²) in [6, 6.07) is 6.97. The van der Waals surface area contributed by atoms with E-state index < -0.39 is 12.1 Å². The molecule has 0 N–H and O–H groups in total. The van der Waals surface area contributed by atoms with E-state index in [-0.39, 0.29) is 0 Å². The van der Waals surface area contributed by atoms with E-state index in [1.54, 1.807) is 25.1 Å². The molecule has 16 heavy (non-hydrogen) atoms. The fourth-order valence-corrected chi connectivity index (χ4v) is 1.43. The summed E-state index contributed by atoms with van der Waals surface area (Å²) in [5.41, 5.74) is 0.374. The minimum Gasteiger partial charge on any atom is -0.478 e. The lowest BCUT2D eigenvalue weighted by Crippen LogP contribution is -2.25. The molecule has 0 aromatic heterocycles. The molecule has 0 radical (unpaired) electrons. The molecule has 1 rings (SSSR count). The maximum Gasteiger partial charge on any atom is 0.346 e. The Morgan fingerprint density at radius 1 is 1.56 bits per heavy atom. The quantitative estimate of drug-likeness (QED) is 0.799. The largest absolute Gasteiger partial charge is 0.478 e. The third kappa shape index (κ3) is 2.97. The first-order chi connectivity index (χ1) is 7.58. The van der Waals surface area contributed by atoms with Crippen LogP contribution in [-0.4, -0.2) is 19.2 Å². The number of carbonyl (C=O) groups excluding carboxylic acids is 1. The number of nitrogens with zero attached hydrogens (tertiary/aromatic N) is 1. The Hall–Kier alpha value is -1.54. The Balaban J connectivity index is 2.92. The highest BCUT2D eigenvalue weighted by molar-refractivity contribution is 9.10. The van der Waals surface area contributed by atoms with Crippen molar-refractivity contribution in [2.75, 3.05) is 7.11 Å². The molecule has 0 aliphatic heterocycles. The molecule has 0 saturated heterocycles. The Labute approximate surface area is 102 Å². The van der Waals surface area contributed by atoms with E-state index in [1.165, 1.54) is 7.11 Å². The molecule has 0 aliphatic rings. The molecular formula is C11H10BrNO3. The van der Waals surface area contributed by atoms with Crippen LogP contribution in [0.15, 0.2) is 22.7 Å². The average Bonchev–Trinajstić information content (AvgIpc) is 2.28. The predicted molar refractivity (Wildman–Crippen MR) is 61.0 cm³/mol. The highest BCUT2D eigenvalue weighted by atomic mass is 79.9. The van der Waals surface area contributed by atoms with E-state index >= 15 is 0 Å². The van der Waals surface area contributed by atoms with E-state index in [0.29, 0.717) is 11.3 Å². The van der Waals surface area contributed by atoms with Crippen LogP contribution in [0.3, 0.4) is 0 Å². The number of nitriles is 1. The Morgan fingerprint density at radius 3 is 2.81 bits per heavy atom. The van der Waals surface area contributed by atoms with Crippen LogP contribution in [0.5, 0.6) is 5.75 Å². The minimum absolute atomic E-state index is 0.356. The number of benzene rings is 1. The van der Waals surface area contributed by atoms with E-state index in [9.17, 15) is 4.79 Å². The van der Waals surface area contributed by atoms with Crippen LogP contribution in [-0.2, 0) is 9.53 Å². The third-order valence-electron chi connectivity index (χ3n) is 1.90. The maximum absolute atomic E-state index is 11.2. The molecule has 0 amide bonds. The lowest BCUT2D eigenvalue weighted by Gasteiger charge is -2.13. The molecular weight excluding hydrogens is 274 g/mol. The van der Waals surface area contributed by atoms with E-state index in [1.807, 2.05) is 6.07 Å². The van der Waals surface area contributed by atoms with Crippen LogP contribution in [0.1, 0.15) is 12.5 Å². The lowest BCUT2D eigenvalue weighted by atomic mass is 10.2. The lowest BCUT2D eigenvalue weighted by molar-refractivity contribution is -0.147. The Kier molecular flexibility index (Phi) is 4.32. The zero-order valence-corrected chi connectivity index (χ0v) is 10.4. The van der Waals surface area contributed by atoms with Gasteiger partial charge in [-0.15, -0.1) is 0 Å². The molecule has 1 atom stereocenters. The summed E-state index contributed by atoms with van der Waals surface area (Å²) < 4.78 is 10.6. The van der Waals surface area contributed by atoms with Crippen molar-refractivity contribution in [3.8, 4) is 11.8 Å². The first-order valence-corrected chi connectivity index (χ1v) is 5.32. The third-order valence-corrected chi connectivity index (χ3v) is 2.39. The number of esters is 1. The maximum atomic E-state index is 11.2. The van der Waals surface area contributed by atoms with Gasteiger partial charge >= 0.3 is 5.97 Å². The van der Waals surface area contributed by atoms with Crippen LogP contribution in [0.4, 0.5) is 0 Å². The SMILES string of the molecule is COC(=O)C(C)Oc1cc(Br)ccc1C#N. The molecule has 0 fully saturated rings. The summed E-state index contributed by atoms with van der Waals surface area (Å²) in [5, 5.41) is 8.86. The number of methoxy groups -OCH3 is 1. The van der Waals surface area contributed by atoms with Gasteiger partial charge in [-0.05, 0) is 25.1 Å². The zero-order valence-electron chi connectivity index (χ0n) is 8.86. The van der Waals surface area contributed by atoms with Gasteiger partial charge in [0.2, 0.25) is 0 Å². The standard InChI is InChI=1S/C11H10BrNO3/c1-7(11(14)15-2)16-10-5-9(12)4-3-8(10)6-13/h3-5,7H,1-2H3. The number of rotatable bonds is 3. The first-order valence-electron chi connectivity index (χ1n) is 4.52. The molecule has 0 saturated carbocycles. The summed E-state index contributed by atoms with van der Waals surface area (Å²) in [6.07, 6.45) is -0.744. The Morgan fingerprint density at radius 2 is 2.25 bits per heavy atom. The second-order valence-corrected chi connectivity index (χ2v) is 3.95. The summed E-state index contributed by atoms with van der Waals surface area (Å²) in [5.74, 6) is -0.126. The van der Waals surface area contributed by atoms with E-state index in [4.69, 9.17) is 10.00 Å². The molecule has 1 aromatic rings. The van der Waals surface area contributed by atoms with Gasteiger partial charge in [0, 0.05) is 4.47 Å². The van der Waals surface area contributed by atoms with E-state index in [0.717, 1.165) is 4.47 Å². The molecule has 0 spiro atoms. The molecule has 4 nitrogen and oxygen atoms in total. The molecule has 0 bridgehead atoms. The fraction of sp³-hybridized carbons (Fsp3) is 0.273. The van der Waals surface area contributed by atoms with Gasteiger partial charge in [-0.1, -0.05) is 15.9 Å². The minimum atomic E-state index is -0.744. The van der Waals surface area contributed by atoms with Crippen LogP contribution in [0.2, 0.25) is 0 Å². The van der Waals surface area contributed by atoms with Gasteiger partial charge in [0.15, 0.2) is 6.10 Å². The summed E-state index contributed by atoms with van der Waals surface area (Å²) in [6.45, 7) is 1.56. The second-order valence-electron chi connectivity index (χ2n) is 3.04. The van der Waals surface area contributed by atoms with Crippen molar-refractivity contribution >= 4 is 21.9 Å². The summed E-state index contributed by atoms with van der Waals surface area (Å²) in [4.78, 5) is 11.2. The number of carbonyl (C=O) groups is 1. The van der Waals surface area contributed by atoms with Crippen LogP contribution < -0.4 is 4.74 Å². The number of hydrogen-bond donors (Lipinski definition) is 0. The Bertz CT molecular complexity index is 439. The van der Waals surface area contributed by atoms with Crippen molar-refractivity contribution in [2.24, 2.45) is 0 Å². The molecule has 84 valence electrons. The van der Waals surface area contributed by atoms with Crippen molar-refractivity contribution in [3.05, 3.63) is 28.2 Å². The van der Waals surface area contributed by atoms with Gasteiger partial charge in [-0.2, -0.15) is 5.26 Å². The number of halogens is 1. The molecule has 1 unspecified atom stereocenters. The summed E-state index contributed by atoms with van der Waals surface area (Å²) in [7, 11) is 1.29. The van der Waals surface area contributed by atoms with Crippen molar-refractivity contribution < 1.29 is 14.3 Å². The van der Waals surface area contributed by atoms with Crippen molar-refractivity contribution in [2.45, 2.75) is 13.0 Å². The van der Waals surface area contributed by atoms with Gasteiger partial charge in [0.1, 0.15) is 11.8 Å². The van der Waals surface area contributed by atoms with Crippen molar-refractivity contribution in [1.82, 2.24) is 0 Å². The van der Waals surface area contributed by atoms with Gasteiger partial charge in [-0.25, -0.2) is 4.79 Å². The second kappa shape index (κ2) is 5.52. The first kappa shape index (κ1) is 12.5. The van der Waals surface area contributed by atoms with Gasteiger partial charge in [-0.3, -0.25) is 0 Å². The highest BCUT2D eigenvalue weighted by Gasteiger charge is 2.16. The number of ether oxygens (including phenoxy) is 2. The fourth-order valence-electron chi connectivity index (χ4n) is 1.09. The van der Waals surface area contributed by atoms with Crippen LogP contribution >= 0.6 is 15.9 Å².